The number of rotatable bonds is 4. The van der Waals surface area contributed by atoms with Crippen LogP contribution in [0.5, 0.6) is 0 Å². The highest BCUT2D eigenvalue weighted by Crippen LogP contribution is 1.95. The van der Waals surface area contributed by atoms with E-state index in [1.807, 2.05) is 0 Å². The molecule has 2 heterocycles. The van der Waals surface area contributed by atoms with Crippen LogP contribution in [0.3, 0.4) is 0 Å². The Morgan fingerprint density at radius 1 is 1.65 bits per heavy atom. The van der Waals surface area contributed by atoms with Gasteiger partial charge >= 0.3 is 0 Å². The lowest BCUT2D eigenvalue weighted by Gasteiger charge is -2.01. The average Bonchev–Trinajstić information content (AvgIpc) is 2.75. The third kappa shape index (κ3) is 2.39. The zero-order valence-corrected chi connectivity index (χ0v) is 9.01. The molecule has 1 amide bonds. The van der Waals surface area contributed by atoms with Crippen molar-refractivity contribution < 1.29 is 4.79 Å². The van der Waals surface area contributed by atoms with Crippen LogP contribution >= 0.6 is 0 Å². The van der Waals surface area contributed by atoms with E-state index >= 15 is 0 Å². The smallest absolute Gasteiger partial charge is 0.274 e. The Hall–Kier alpha value is -2.44. The minimum atomic E-state index is -0.293. The molecular formula is C10H11N5O2. The highest BCUT2D eigenvalue weighted by atomic mass is 16.1. The average molecular weight is 233 g/mol. The molecule has 2 aromatic rings. The van der Waals surface area contributed by atoms with Crippen molar-refractivity contribution in [1.82, 2.24) is 24.9 Å². The molecule has 0 fully saturated rings. The van der Waals surface area contributed by atoms with E-state index in [-0.39, 0.29) is 23.7 Å². The van der Waals surface area contributed by atoms with E-state index in [2.05, 4.69) is 27.0 Å². The monoisotopic (exact) mass is 233 g/mol. The van der Waals surface area contributed by atoms with Crippen molar-refractivity contribution in [1.29, 1.82) is 0 Å². The maximum absolute atomic E-state index is 11.6. The molecule has 0 spiro atoms. The molecule has 0 unspecified atom stereocenters. The van der Waals surface area contributed by atoms with Gasteiger partial charge in [0, 0.05) is 12.6 Å². The third-order valence-electron chi connectivity index (χ3n) is 2.11. The number of hydrogen-bond donors (Lipinski definition) is 2. The normalized spacial score (nSPS) is 10.4. The van der Waals surface area contributed by atoms with Gasteiger partial charge in [-0.1, -0.05) is 6.08 Å². The summed E-state index contributed by atoms with van der Waals surface area (Å²) in [6.45, 7) is 3.88. The summed E-state index contributed by atoms with van der Waals surface area (Å²) in [6.07, 6.45) is 2.99. The van der Waals surface area contributed by atoms with E-state index in [0.717, 1.165) is 0 Å². The van der Waals surface area contributed by atoms with Gasteiger partial charge in [0.2, 0.25) is 5.91 Å². The van der Waals surface area contributed by atoms with E-state index in [4.69, 9.17) is 0 Å². The van der Waals surface area contributed by atoms with E-state index in [9.17, 15) is 9.59 Å². The summed E-state index contributed by atoms with van der Waals surface area (Å²) in [5.41, 5.74) is 0.0997. The second-order valence-electron chi connectivity index (χ2n) is 3.38. The van der Waals surface area contributed by atoms with Crippen LogP contribution in [0.15, 0.2) is 29.8 Å². The summed E-state index contributed by atoms with van der Waals surface area (Å²) in [5.74, 6) is 0.0423. The minimum absolute atomic E-state index is 0.0481. The quantitative estimate of drug-likeness (QED) is 0.680. The topological polar surface area (TPSA) is 92.2 Å². The first-order chi connectivity index (χ1) is 8.20. The molecule has 0 saturated carbocycles. The maximum Gasteiger partial charge on any atom is 0.274 e. The predicted molar refractivity (Wildman–Crippen MR) is 60.5 cm³/mol. The standard InChI is InChI=1S/C10H11N5O2/c1-2-3-11-8(16)4-7-5-9(17)15-10(14-7)12-6-13-15/h2,5-6H,1,3-4H2,(H,11,16)(H,12,13,14). The second-order valence-corrected chi connectivity index (χ2v) is 3.38. The third-order valence-corrected chi connectivity index (χ3v) is 2.11. The molecule has 2 N–H and O–H groups in total. The van der Waals surface area contributed by atoms with Gasteiger partial charge in [0.15, 0.2) is 0 Å². The van der Waals surface area contributed by atoms with E-state index in [0.29, 0.717) is 12.2 Å². The van der Waals surface area contributed by atoms with Gasteiger partial charge in [-0.2, -0.15) is 4.52 Å². The first-order valence-corrected chi connectivity index (χ1v) is 5.00. The molecule has 88 valence electrons. The number of nitrogens with one attached hydrogen (secondary N) is 2. The fourth-order valence-corrected chi connectivity index (χ4v) is 1.37. The van der Waals surface area contributed by atoms with Crippen LogP contribution in [0, 0.1) is 0 Å². The number of carbonyl (C=O) groups is 1. The van der Waals surface area contributed by atoms with Gasteiger partial charge in [0.05, 0.1) is 12.1 Å². The predicted octanol–water partition coefficient (Wildman–Crippen LogP) is -0.738. The summed E-state index contributed by atoms with van der Waals surface area (Å²) in [4.78, 5) is 30.9. The van der Waals surface area contributed by atoms with Crippen LogP contribution in [0.2, 0.25) is 0 Å². The van der Waals surface area contributed by atoms with Gasteiger partial charge in [0.1, 0.15) is 6.33 Å². The first kappa shape index (κ1) is 11.1. The number of carbonyl (C=O) groups excluding carboxylic acids is 1. The summed E-state index contributed by atoms with van der Waals surface area (Å²) < 4.78 is 1.20. The molecule has 0 radical (unpaired) electrons. The van der Waals surface area contributed by atoms with Gasteiger partial charge in [-0.3, -0.25) is 14.7 Å². The largest absolute Gasteiger partial charge is 0.352 e. The molecule has 2 rings (SSSR count). The van der Waals surface area contributed by atoms with Crippen molar-refractivity contribution in [3.05, 3.63) is 41.1 Å². The lowest BCUT2D eigenvalue weighted by atomic mass is 10.3. The van der Waals surface area contributed by atoms with Gasteiger partial charge in [0.25, 0.3) is 11.3 Å². The molecular weight excluding hydrogens is 222 g/mol. The lowest BCUT2D eigenvalue weighted by Crippen LogP contribution is -2.26. The first-order valence-electron chi connectivity index (χ1n) is 5.00. The Balaban J connectivity index is 2.21. The van der Waals surface area contributed by atoms with Gasteiger partial charge < -0.3 is 5.32 Å². The van der Waals surface area contributed by atoms with Crippen LogP contribution in [-0.4, -0.2) is 32.0 Å². The summed E-state index contributed by atoms with van der Waals surface area (Å²) in [7, 11) is 0. The molecule has 0 bridgehead atoms. The highest BCUT2D eigenvalue weighted by molar-refractivity contribution is 5.78. The molecule has 0 saturated heterocycles. The van der Waals surface area contributed by atoms with Gasteiger partial charge in [-0.25, -0.2) is 9.97 Å². The van der Waals surface area contributed by atoms with Crippen molar-refractivity contribution in [2.24, 2.45) is 0 Å². The fourth-order valence-electron chi connectivity index (χ4n) is 1.37. The van der Waals surface area contributed by atoms with Gasteiger partial charge in [-0.05, 0) is 0 Å². The number of aromatic nitrogens is 4. The lowest BCUT2D eigenvalue weighted by molar-refractivity contribution is -0.120. The number of fused-ring (bicyclic) bond motifs is 1. The van der Waals surface area contributed by atoms with Crippen LogP contribution in [0.4, 0.5) is 0 Å². The molecule has 0 aliphatic rings. The van der Waals surface area contributed by atoms with Crippen LogP contribution in [-0.2, 0) is 11.2 Å². The van der Waals surface area contributed by atoms with E-state index in [1.54, 1.807) is 6.08 Å². The van der Waals surface area contributed by atoms with Crippen molar-refractivity contribution >= 4 is 11.7 Å². The van der Waals surface area contributed by atoms with Crippen LogP contribution < -0.4 is 10.9 Å². The fraction of sp³-hybridized carbons (Fsp3) is 0.200. The van der Waals surface area contributed by atoms with Crippen molar-refractivity contribution in [2.75, 3.05) is 6.54 Å². The zero-order chi connectivity index (χ0) is 12.3. The van der Waals surface area contributed by atoms with Crippen molar-refractivity contribution in [3.63, 3.8) is 0 Å². The maximum atomic E-state index is 11.6. The number of hydrogen-bond acceptors (Lipinski definition) is 4. The molecule has 17 heavy (non-hydrogen) atoms. The number of aromatic amines is 1. The minimum Gasteiger partial charge on any atom is -0.352 e. The molecule has 0 aromatic carbocycles. The van der Waals surface area contributed by atoms with E-state index < -0.39 is 0 Å². The van der Waals surface area contributed by atoms with E-state index in [1.165, 1.54) is 16.9 Å². The Morgan fingerprint density at radius 2 is 2.47 bits per heavy atom. The van der Waals surface area contributed by atoms with Crippen molar-refractivity contribution in [2.45, 2.75) is 6.42 Å². The number of H-pyrrole nitrogens is 1. The molecule has 0 aliphatic carbocycles. The van der Waals surface area contributed by atoms with Crippen LogP contribution in [0.25, 0.3) is 5.78 Å². The van der Waals surface area contributed by atoms with Gasteiger partial charge in [-0.15, -0.1) is 6.58 Å². The summed E-state index contributed by atoms with van der Waals surface area (Å²) in [6, 6.07) is 1.30. The molecule has 0 aliphatic heterocycles. The number of amides is 1. The Labute approximate surface area is 96.2 Å². The number of nitrogens with zero attached hydrogens (tertiary/aromatic N) is 3. The molecule has 2 aromatic heterocycles. The molecule has 0 atom stereocenters. The highest BCUT2D eigenvalue weighted by Gasteiger charge is 2.07. The second kappa shape index (κ2) is 4.60. The summed E-state index contributed by atoms with van der Waals surface area (Å²) >= 11 is 0. The Bertz CT molecular complexity index is 612. The zero-order valence-electron chi connectivity index (χ0n) is 9.01. The molecule has 7 heteroatoms. The Morgan fingerprint density at radius 3 is 3.24 bits per heavy atom. The summed E-state index contributed by atoms with van der Waals surface area (Å²) in [5, 5.41) is 5.23. The Kier molecular flexibility index (Phi) is 2.99. The van der Waals surface area contributed by atoms with Crippen LogP contribution in [0.1, 0.15) is 5.69 Å². The SMILES string of the molecule is C=CCNC(=O)Cc1cc(=O)n2[nH]cnc2n1. The van der Waals surface area contributed by atoms with Crippen molar-refractivity contribution in [3.8, 4) is 0 Å². The molecule has 7 nitrogen and oxygen atoms in total.